The second kappa shape index (κ2) is 10.8. The summed E-state index contributed by atoms with van der Waals surface area (Å²) in [5.74, 6) is 0.523. The van der Waals surface area contributed by atoms with E-state index in [2.05, 4.69) is 6.58 Å². The number of sulfonamides is 1. The normalized spacial score (nSPS) is 15.6. The first kappa shape index (κ1) is 25.2. The molecule has 0 bridgehead atoms. The first-order valence-corrected chi connectivity index (χ1v) is 13.8. The predicted octanol–water partition coefficient (Wildman–Crippen LogP) is 4.75. The molecule has 1 amide bonds. The van der Waals surface area contributed by atoms with Crippen LogP contribution < -0.4 is 4.74 Å². The second-order valence-corrected chi connectivity index (χ2v) is 11.6. The first-order valence-electron chi connectivity index (χ1n) is 11.5. The van der Waals surface area contributed by atoms with E-state index in [0.29, 0.717) is 13.2 Å². The molecule has 0 aliphatic carbocycles. The molecular weight excluding hydrogens is 480 g/mol. The first-order chi connectivity index (χ1) is 16.8. The summed E-state index contributed by atoms with van der Waals surface area (Å²) >= 11 is 1.68. The number of nitrogens with zero attached hydrogens (tertiary/aromatic N) is 2. The SMILES string of the molecule is C=CCN(CC(=O)N1CCc2sccc2C1COc1ccccc1C)S(=O)(=O)c1ccc(C)cc1. The maximum Gasteiger partial charge on any atom is 0.243 e. The van der Waals surface area contributed by atoms with E-state index >= 15 is 0 Å². The highest BCUT2D eigenvalue weighted by atomic mass is 32.2. The van der Waals surface area contributed by atoms with Gasteiger partial charge in [0.15, 0.2) is 0 Å². The fourth-order valence-electron chi connectivity index (χ4n) is 4.25. The minimum absolute atomic E-state index is 0.0455. The van der Waals surface area contributed by atoms with E-state index < -0.39 is 10.0 Å². The fourth-order valence-corrected chi connectivity index (χ4v) is 6.54. The van der Waals surface area contributed by atoms with E-state index in [1.165, 1.54) is 15.3 Å². The van der Waals surface area contributed by atoms with Gasteiger partial charge in [0.25, 0.3) is 0 Å². The van der Waals surface area contributed by atoms with Gasteiger partial charge in [-0.3, -0.25) is 4.79 Å². The van der Waals surface area contributed by atoms with Crippen LogP contribution in [-0.2, 0) is 21.2 Å². The van der Waals surface area contributed by atoms with Crippen LogP contribution in [0.5, 0.6) is 5.75 Å². The molecule has 3 aromatic rings. The molecule has 1 aliphatic heterocycles. The van der Waals surface area contributed by atoms with Crippen molar-refractivity contribution in [1.29, 1.82) is 0 Å². The quantitative estimate of drug-likeness (QED) is 0.390. The van der Waals surface area contributed by atoms with E-state index in [1.807, 2.05) is 49.6 Å². The van der Waals surface area contributed by atoms with Crippen LogP contribution in [0.15, 0.2) is 77.5 Å². The van der Waals surface area contributed by atoms with Gasteiger partial charge in [-0.2, -0.15) is 4.31 Å². The molecule has 0 fully saturated rings. The number of hydrogen-bond acceptors (Lipinski definition) is 5. The maximum absolute atomic E-state index is 13.6. The van der Waals surface area contributed by atoms with Gasteiger partial charge in [0.1, 0.15) is 12.4 Å². The lowest BCUT2D eigenvalue weighted by atomic mass is 10.0. The maximum atomic E-state index is 13.6. The Hall–Kier alpha value is -2.94. The van der Waals surface area contributed by atoms with Gasteiger partial charge in [-0.15, -0.1) is 17.9 Å². The fraction of sp³-hybridized carbons (Fsp3) is 0.296. The minimum Gasteiger partial charge on any atom is -0.491 e. The molecule has 0 spiro atoms. The molecule has 4 rings (SSSR count). The zero-order chi connectivity index (χ0) is 25.0. The Balaban J connectivity index is 1.57. The zero-order valence-corrected chi connectivity index (χ0v) is 21.6. The van der Waals surface area contributed by atoms with Crippen LogP contribution in [0.3, 0.4) is 0 Å². The number of aryl methyl sites for hydroxylation is 2. The van der Waals surface area contributed by atoms with Gasteiger partial charge < -0.3 is 9.64 Å². The van der Waals surface area contributed by atoms with Gasteiger partial charge in [0.2, 0.25) is 15.9 Å². The Morgan fingerprint density at radius 2 is 1.91 bits per heavy atom. The zero-order valence-electron chi connectivity index (χ0n) is 20.0. The standard InChI is InChI=1S/C27H30N2O4S2/c1-4-15-28(35(31,32)22-11-9-20(2)10-12-22)18-27(30)29-16-13-26-23(14-17-34-26)24(29)19-33-25-8-6-5-7-21(25)3/h4-12,14,17,24H,1,13,15-16,18-19H2,2-3H3. The van der Waals surface area contributed by atoms with Crippen molar-refractivity contribution < 1.29 is 17.9 Å². The van der Waals surface area contributed by atoms with Crippen molar-refractivity contribution >= 4 is 27.3 Å². The lowest BCUT2D eigenvalue weighted by Crippen LogP contribution is -2.47. The Morgan fingerprint density at radius 1 is 1.17 bits per heavy atom. The van der Waals surface area contributed by atoms with Crippen LogP contribution in [0, 0.1) is 13.8 Å². The van der Waals surface area contributed by atoms with Crippen LogP contribution in [0.1, 0.15) is 27.6 Å². The lowest BCUT2D eigenvalue weighted by Gasteiger charge is -2.37. The monoisotopic (exact) mass is 510 g/mol. The Kier molecular flexibility index (Phi) is 7.74. The number of amides is 1. The molecule has 8 heteroatoms. The van der Waals surface area contributed by atoms with Crippen molar-refractivity contribution in [3.05, 3.63) is 94.2 Å². The lowest BCUT2D eigenvalue weighted by molar-refractivity contribution is -0.135. The number of para-hydroxylation sites is 1. The Labute approximate surface area is 211 Å². The summed E-state index contributed by atoms with van der Waals surface area (Å²) in [6.45, 7) is 8.18. The van der Waals surface area contributed by atoms with Crippen LogP contribution in [-0.4, -0.2) is 49.8 Å². The average Bonchev–Trinajstić information content (AvgIpc) is 3.32. The van der Waals surface area contributed by atoms with E-state index in [1.54, 1.807) is 40.5 Å². The molecule has 1 unspecified atom stereocenters. The predicted molar refractivity (Wildman–Crippen MR) is 139 cm³/mol. The molecule has 0 radical (unpaired) electrons. The number of carbonyl (C=O) groups excluding carboxylic acids is 1. The molecule has 35 heavy (non-hydrogen) atoms. The molecule has 6 nitrogen and oxygen atoms in total. The third-order valence-electron chi connectivity index (χ3n) is 6.21. The summed E-state index contributed by atoms with van der Waals surface area (Å²) in [6.07, 6.45) is 2.25. The van der Waals surface area contributed by atoms with Crippen molar-refractivity contribution in [3.8, 4) is 5.75 Å². The number of thiophene rings is 1. The second-order valence-electron chi connectivity index (χ2n) is 8.63. The van der Waals surface area contributed by atoms with Crippen molar-refractivity contribution in [2.24, 2.45) is 0 Å². The van der Waals surface area contributed by atoms with E-state index in [-0.39, 0.29) is 29.9 Å². The molecule has 2 aromatic carbocycles. The molecule has 2 heterocycles. The van der Waals surface area contributed by atoms with E-state index in [0.717, 1.165) is 28.9 Å². The summed E-state index contributed by atoms with van der Waals surface area (Å²) < 4.78 is 34.0. The molecular formula is C27H30N2O4S2. The van der Waals surface area contributed by atoms with Gasteiger partial charge in [-0.1, -0.05) is 42.0 Å². The Morgan fingerprint density at radius 3 is 2.63 bits per heavy atom. The number of rotatable bonds is 9. The van der Waals surface area contributed by atoms with Crippen LogP contribution in [0.4, 0.5) is 0 Å². The summed E-state index contributed by atoms with van der Waals surface area (Å²) in [5, 5.41) is 2.03. The minimum atomic E-state index is -3.86. The summed E-state index contributed by atoms with van der Waals surface area (Å²) in [6, 6.07) is 16.2. The summed E-state index contributed by atoms with van der Waals surface area (Å²) in [5.41, 5.74) is 3.06. The number of hydrogen-bond donors (Lipinski definition) is 0. The van der Waals surface area contributed by atoms with Crippen molar-refractivity contribution in [2.45, 2.75) is 31.2 Å². The number of ether oxygens (including phenoxy) is 1. The molecule has 0 saturated carbocycles. The van der Waals surface area contributed by atoms with Crippen molar-refractivity contribution in [3.63, 3.8) is 0 Å². The third-order valence-corrected chi connectivity index (χ3v) is 9.03. The molecule has 0 saturated heterocycles. The van der Waals surface area contributed by atoms with Crippen LogP contribution in [0.2, 0.25) is 0 Å². The largest absolute Gasteiger partial charge is 0.491 e. The van der Waals surface area contributed by atoms with Gasteiger partial charge in [-0.25, -0.2) is 8.42 Å². The summed E-state index contributed by atoms with van der Waals surface area (Å²) in [7, 11) is -3.86. The molecule has 1 aromatic heterocycles. The highest BCUT2D eigenvalue weighted by Crippen LogP contribution is 2.34. The smallest absolute Gasteiger partial charge is 0.243 e. The third kappa shape index (κ3) is 5.50. The number of carbonyl (C=O) groups is 1. The number of benzene rings is 2. The molecule has 0 N–H and O–H groups in total. The highest BCUT2D eigenvalue weighted by molar-refractivity contribution is 7.89. The molecule has 1 aliphatic rings. The Bertz CT molecular complexity index is 1300. The number of fused-ring (bicyclic) bond motifs is 1. The van der Waals surface area contributed by atoms with E-state index in [9.17, 15) is 13.2 Å². The molecule has 1 atom stereocenters. The highest BCUT2D eigenvalue weighted by Gasteiger charge is 2.35. The van der Waals surface area contributed by atoms with Crippen molar-refractivity contribution in [2.75, 3.05) is 26.2 Å². The van der Waals surface area contributed by atoms with E-state index in [4.69, 9.17) is 4.74 Å². The summed E-state index contributed by atoms with van der Waals surface area (Å²) in [4.78, 5) is 16.7. The van der Waals surface area contributed by atoms with Crippen LogP contribution in [0.25, 0.3) is 0 Å². The van der Waals surface area contributed by atoms with Gasteiger partial charge in [-0.05, 0) is 61.0 Å². The van der Waals surface area contributed by atoms with Crippen LogP contribution >= 0.6 is 11.3 Å². The van der Waals surface area contributed by atoms with Gasteiger partial charge in [0.05, 0.1) is 17.5 Å². The molecule has 184 valence electrons. The van der Waals surface area contributed by atoms with Gasteiger partial charge in [0, 0.05) is 18.0 Å². The van der Waals surface area contributed by atoms with Gasteiger partial charge >= 0.3 is 0 Å². The topological polar surface area (TPSA) is 66.9 Å². The van der Waals surface area contributed by atoms with Crippen molar-refractivity contribution in [1.82, 2.24) is 9.21 Å². The average molecular weight is 511 g/mol.